The summed E-state index contributed by atoms with van der Waals surface area (Å²) in [6.07, 6.45) is 1.23. The Labute approximate surface area is 127 Å². The highest BCUT2D eigenvalue weighted by molar-refractivity contribution is 5.87. The van der Waals surface area contributed by atoms with Gasteiger partial charge in [0, 0.05) is 12.0 Å². The molecule has 22 heavy (non-hydrogen) atoms. The van der Waals surface area contributed by atoms with E-state index in [4.69, 9.17) is 11.0 Å². The van der Waals surface area contributed by atoms with E-state index < -0.39 is 35.9 Å². The van der Waals surface area contributed by atoms with E-state index in [0.717, 1.165) is 12.1 Å². The number of carbonyl (C=O) groups excluding carboxylic acids is 2. The molecule has 0 saturated carbocycles. The summed E-state index contributed by atoms with van der Waals surface area (Å²) in [6.45, 7) is 0. The summed E-state index contributed by atoms with van der Waals surface area (Å²) < 4.78 is 26.9. The zero-order chi connectivity index (χ0) is 16.5. The highest BCUT2D eigenvalue weighted by atomic mass is 19.1. The Balaban J connectivity index is 2.60. The van der Waals surface area contributed by atoms with Crippen molar-refractivity contribution in [3.8, 4) is 6.07 Å². The number of hydrogen-bond donors (Lipinski definition) is 2. The maximum absolute atomic E-state index is 13.5. The minimum Gasteiger partial charge on any atom is -0.368 e. The van der Waals surface area contributed by atoms with Crippen molar-refractivity contribution in [2.24, 2.45) is 5.73 Å². The largest absolute Gasteiger partial charge is 0.368 e. The lowest BCUT2D eigenvalue weighted by molar-refractivity contribution is -0.127. The molecule has 0 bridgehead atoms. The highest BCUT2D eigenvalue weighted by Gasteiger charge is 2.19. The van der Waals surface area contributed by atoms with Crippen LogP contribution in [0.15, 0.2) is 18.2 Å². The minimum absolute atomic E-state index is 0.280. The number of amides is 2. The van der Waals surface area contributed by atoms with Crippen LogP contribution in [0.2, 0.25) is 0 Å². The van der Waals surface area contributed by atoms with Gasteiger partial charge in [0.05, 0.1) is 12.5 Å². The van der Waals surface area contributed by atoms with Crippen molar-refractivity contribution in [2.75, 3.05) is 0 Å². The number of nitrogens with one attached hydrogen (secondary N) is 1. The molecular weight excluding hydrogens is 292 g/mol. The van der Waals surface area contributed by atoms with E-state index in [2.05, 4.69) is 5.32 Å². The van der Waals surface area contributed by atoms with Crippen LogP contribution in [0.4, 0.5) is 8.78 Å². The lowest BCUT2D eigenvalue weighted by Crippen LogP contribution is -2.45. The fourth-order valence-corrected chi connectivity index (χ4v) is 1.95. The molecule has 0 aliphatic heterocycles. The van der Waals surface area contributed by atoms with Crippen molar-refractivity contribution >= 4 is 11.8 Å². The standard InChI is InChI=1S/C15H17F2N3O2/c16-11-5-4-6-12(17)10(11)9-14(21)20-13(15(19)22)7-2-1-3-8-18/h4-6,13H,1-3,7,9H2,(H2,19,22)(H,20,21)/t13-/m1/s1. The third kappa shape index (κ3) is 5.48. The maximum atomic E-state index is 13.5. The first-order valence-electron chi connectivity index (χ1n) is 6.84. The number of rotatable bonds is 8. The number of unbranched alkanes of at least 4 members (excludes halogenated alkanes) is 2. The van der Waals surface area contributed by atoms with Crippen molar-refractivity contribution in [1.29, 1.82) is 5.26 Å². The zero-order valence-corrected chi connectivity index (χ0v) is 11.9. The van der Waals surface area contributed by atoms with Gasteiger partial charge in [0.15, 0.2) is 0 Å². The van der Waals surface area contributed by atoms with Gasteiger partial charge in [0.1, 0.15) is 17.7 Å². The van der Waals surface area contributed by atoms with Crippen LogP contribution in [-0.4, -0.2) is 17.9 Å². The van der Waals surface area contributed by atoms with Gasteiger partial charge in [-0.15, -0.1) is 0 Å². The van der Waals surface area contributed by atoms with Gasteiger partial charge in [0.2, 0.25) is 11.8 Å². The molecule has 2 amide bonds. The molecule has 0 spiro atoms. The van der Waals surface area contributed by atoms with Crippen molar-refractivity contribution in [2.45, 2.75) is 38.1 Å². The average Bonchev–Trinajstić information content (AvgIpc) is 2.46. The van der Waals surface area contributed by atoms with Crippen molar-refractivity contribution < 1.29 is 18.4 Å². The first kappa shape index (κ1) is 17.6. The van der Waals surface area contributed by atoms with Gasteiger partial charge in [-0.3, -0.25) is 9.59 Å². The Kier molecular flexibility index (Phi) is 6.96. The molecular formula is C15H17F2N3O2. The van der Waals surface area contributed by atoms with Crippen LogP contribution in [0.25, 0.3) is 0 Å². The van der Waals surface area contributed by atoms with E-state index in [1.807, 2.05) is 6.07 Å². The van der Waals surface area contributed by atoms with Crippen LogP contribution in [0.1, 0.15) is 31.2 Å². The van der Waals surface area contributed by atoms with Crippen LogP contribution < -0.4 is 11.1 Å². The fraction of sp³-hybridized carbons (Fsp3) is 0.400. The summed E-state index contributed by atoms with van der Waals surface area (Å²) in [4.78, 5) is 23.1. The summed E-state index contributed by atoms with van der Waals surface area (Å²) in [5, 5.41) is 10.8. The molecule has 1 aromatic carbocycles. The van der Waals surface area contributed by atoms with Crippen LogP contribution in [0, 0.1) is 23.0 Å². The van der Waals surface area contributed by atoms with Crippen molar-refractivity contribution in [1.82, 2.24) is 5.32 Å². The first-order chi connectivity index (χ1) is 10.5. The number of halogens is 2. The number of carbonyl (C=O) groups is 2. The Morgan fingerprint density at radius 3 is 2.45 bits per heavy atom. The molecule has 0 saturated heterocycles. The van der Waals surface area contributed by atoms with Crippen LogP contribution >= 0.6 is 0 Å². The zero-order valence-electron chi connectivity index (χ0n) is 11.9. The Hall–Kier alpha value is -2.49. The third-order valence-electron chi connectivity index (χ3n) is 3.11. The van der Waals surface area contributed by atoms with Gasteiger partial charge >= 0.3 is 0 Å². The molecule has 1 aromatic rings. The quantitative estimate of drug-likeness (QED) is 0.713. The second kappa shape index (κ2) is 8.72. The number of nitrogens with two attached hydrogens (primary N) is 1. The predicted molar refractivity (Wildman–Crippen MR) is 75.3 cm³/mol. The second-order valence-corrected chi connectivity index (χ2v) is 4.80. The topological polar surface area (TPSA) is 96.0 Å². The number of nitriles is 1. The molecule has 0 fully saturated rings. The molecule has 5 nitrogen and oxygen atoms in total. The molecule has 118 valence electrons. The maximum Gasteiger partial charge on any atom is 0.239 e. The number of hydrogen-bond acceptors (Lipinski definition) is 3. The summed E-state index contributed by atoms with van der Waals surface area (Å²) in [7, 11) is 0. The molecule has 1 rings (SSSR count). The molecule has 0 aliphatic carbocycles. The SMILES string of the molecule is N#CCCCC[C@@H](NC(=O)Cc1c(F)cccc1F)C(N)=O. The highest BCUT2D eigenvalue weighted by Crippen LogP contribution is 2.13. The second-order valence-electron chi connectivity index (χ2n) is 4.80. The van der Waals surface area contributed by atoms with Crippen molar-refractivity contribution in [3.63, 3.8) is 0 Å². The number of benzene rings is 1. The fourth-order valence-electron chi connectivity index (χ4n) is 1.95. The van der Waals surface area contributed by atoms with Gasteiger partial charge in [-0.1, -0.05) is 6.07 Å². The molecule has 0 radical (unpaired) electrons. The summed E-state index contributed by atoms with van der Waals surface area (Å²) >= 11 is 0. The van der Waals surface area contributed by atoms with E-state index in [9.17, 15) is 18.4 Å². The molecule has 7 heteroatoms. The lowest BCUT2D eigenvalue weighted by atomic mass is 10.1. The molecule has 0 unspecified atom stereocenters. The molecule has 0 heterocycles. The molecule has 1 atom stereocenters. The lowest BCUT2D eigenvalue weighted by Gasteiger charge is -2.15. The van der Waals surface area contributed by atoms with E-state index in [-0.39, 0.29) is 12.0 Å². The average molecular weight is 309 g/mol. The van der Waals surface area contributed by atoms with E-state index >= 15 is 0 Å². The van der Waals surface area contributed by atoms with Gasteiger partial charge in [-0.25, -0.2) is 8.78 Å². The monoisotopic (exact) mass is 309 g/mol. The van der Waals surface area contributed by atoms with Gasteiger partial charge in [-0.05, 0) is 31.4 Å². The van der Waals surface area contributed by atoms with E-state index in [0.29, 0.717) is 19.3 Å². The third-order valence-corrected chi connectivity index (χ3v) is 3.11. The number of nitrogens with zero attached hydrogens (tertiary/aromatic N) is 1. The minimum atomic E-state index is -0.916. The Bertz CT molecular complexity index is 564. The molecule has 3 N–H and O–H groups in total. The van der Waals surface area contributed by atoms with E-state index in [1.54, 1.807) is 0 Å². The Morgan fingerprint density at radius 1 is 1.27 bits per heavy atom. The predicted octanol–water partition coefficient (Wildman–Crippen LogP) is 1.56. The smallest absolute Gasteiger partial charge is 0.239 e. The summed E-state index contributed by atoms with van der Waals surface area (Å²) in [5.41, 5.74) is 4.83. The van der Waals surface area contributed by atoms with Gasteiger partial charge in [-0.2, -0.15) is 5.26 Å². The molecule has 0 aromatic heterocycles. The summed E-state index contributed by atoms with van der Waals surface area (Å²) in [5.74, 6) is -3.05. The van der Waals surface area contributed by atoms with Crippen LogP contribution in [0.3, 0.4) is 0 Å². The van der Waals surface area contributed by atoms with Crippen LogP contribution in [-0.2, 0) is 16.0 Å². The van der Waals surface area contributed by atoms with Gasteiger partial charge in [0.25, 0.3) is 0 Å². The van der Waals surface area contributed by atoms with Crippen LogP contribution in [0.5, 0.6) is 0 Å². The molecule has 0 aliphatic rings. The number of primary amides is 1. The first-order valence-corrected chi connectivity index (χ1v) is 6.84. The summed E-state index contributed by atoms with van der Waals surface area (Å²) in [6, 6.07) is 4.37. The van der Waals surface area contributed by atoms with E-state index in [1.165, 1.54) is 6.07 Å². The van der Waals surface area contributed by atoms with Gasteiger partial charge < -0.3 is 11.1 Å². The van der Waals surface area contributed by atoms with Crippen molar-refractivity contribution in [3.05, 3.63) is 35.4 Å². The normalized spacial score (nSPS) is 11.5. The Morgan fingerprint density at radius 2 is 1.91 bits per heavy atom.